The number of fused-ring (bicyclic) bond motifs is 2. The molecule has 3 saturated heterocycles. The third-order valence-electron chi connectivity index (χ3n) is 15.3. The number of carbonyl (C=O) groups excluding carboxylic acids is 7. The zero-order valence-corrected chi connectivity index (χ0v) is 48.3. The summed E-state index contributed by atoms with van der Waals surface area (Å²) in [7, 11) is -3.03. The molecule has 4 aromatic carbocycles. The van der Waals surface area contributed by atoms with Crippen molar-refractivity contribution in [1.82, 2.24) is 36.4 Å². The van der Waals surface area contributed by atoms with E-state index in [0.29, 0.717) is 12.2 Å². The third-order valence-corrected chi connectivity index (χ3v) is 15.8. The molecule has 28 heteroatoms. The lowest BCUT2D eigenvalue weighted by Gasteiger charge is -2.34. The van der Waals surface area contributed by atoms with Gasteiger partial charge in [-0.2, -0.15) is 0 Å². The molecule has 0 radical (unpaired) electrons. The van der Waals surface area contributed by atoms with Gasteiger partial charge in [-0.15, -0.1) is 0 Å². The lowest BCUT2D eigenvalue weighted by atomic mass is 9.96. The number of carbonyl (C=O) groups is 7. The van der Waals surface area contributed by atoms with Crippen molar-refractivity contribution < 1.29 is 98.2 Å². The van der Waals surface area contributed by atoms with Crippen LogP contribution in [0.4, 0.5) is 0 Å². The summed E-state index contributed by atoms with van der Waals surface area (Å²) in [6, 6.07) is 14.2. The minimum Gasteiger partial charge on any atom is -0.494 e. The molecule has 3 aliphatic rings. The summed E-state index contributed by atoms with van der Waals surface area (Å²) in [6.45, 7) is 5.33. The Morgan fingerprint density at radius 1 is 0.651 bits per heavy atom. The molecule has 27 nitrogen and oxygen atoms in total. The molecule has 86 heavy (non-hydrogen) atoms. The van der Waals surface area contributed by atoms with Crippen LogP contribution in [-0.4, -0.2) is 196 Å². The molecule has 16 atom stereocenters. The van der Waals surface area contributed by atoms with Crippen molar-refractivity contribution in [3.8, 4) is 33.8 Å². The molecule has 0 spiro atoms. The Bertz CT molecular complexity index is 3030. The lowest BCUT2D eigenvalue weighted by Crippen LogP contribution is -2.64. The highest BCUT2D eigenvalue weighted by Crippen LogP contribution is 2.32. The molecule has 464 valence electrons. The van der Waals surface area contributed by atoms with E-state index in [1.807, 2.05) is 48.5 Å². The van der Waals surface area contributed by atoms with Crippen LogP contribution in [-0.2, 0) is 38.0 Å². The molecular formula is C58H73N7O20P+. The largest absolute Gasteiger partial charge is 0.781 e. The summed E-state index contributed by atoms with van der Waals surface area (Å²) < 4.78 is 25.9. The monoisotopic (exact) mass is 1220 g/mol. The maximum atomic E-state index is 14.5. The van der Waals surface area contributed by atoms with E-state index in [2.05, 4.69) is 38.2 Å². The van der Waals surface area contributed by atoms with Gasteiger partial charge in [0.1, 0.15) is 60.3 Å². The molecule has 3 heterocycles. The van der Waals surface area contributed by atoms with Crippen molar-refractivity contribution in [3.05, 3.63) is 108 Å². The summed E-state index contributed by atoms with van der Waals surface area (Å²) >= 11 is 0. The van der Waals surface area contributed by atoms with Gasteiger partial charge in [0.2, 0.25) is 35.4 Å². The molecule has 0 saturated carbocycles. The van der Waals surface area contributed by atoms with Crippen LogP contribution in [0.2, 0.25) is 0 Å². The van der Waals surface area contributed by atoms with Crippen molar-refractivity contribution in [2.75, 3.05) is 19.7 Å². The predicted octanol–water partition coefficient (Wildman–Crippen LogP) is -0.107. The van der Waals surface area contributed by atoms with Crippen molar-refractivity contribution >= 4 is 49.6 Å². The van der Waals surface area contributed by atoms with Crippen LogP contribution >= 0.6 is 8.25 Å². The van der Waals surface area contributed by atoms with Gasteiger partial charge in [0.05, 0.1) is 35.7 Å². The fourth-order valence-corrected chi connectivity index (χ4v) is 10.7. The standard InChI is InChI=1S/C58H72N7O20P/c1-5-6-7-24-83-39-20-16-35(17-21-39)33-10-8-32(9-11-33)34-12-14-37(15-13-34)51(73)59-41-26-43(69)54(76)63-56(78)47-48(70)29(2)27-65(47)58(80)45(31(4)67)61-55(77)46(50(72)49(71)36-18-22-40(23-19-36)84-86(82)85-81)62-53(75)42-25-38(68)28-64(42)57(79)44(30(3)66)60-52(41)74/h8-23,29-31,38,41-50,54,66-72,76H,5-7,24-28H2,1-4H3,(H5-,59,60,61,62,63,73,74,75,77,78,81)/p+1/t29-,30+,31+,38+,41+,42-,43+,44-,45-,46-,47-,48-,49-,50-,54+/m0/s1. The van der Waals surface area contributed by atoms with Crippen molar-refractivity contribution in [1.29, 1.82) is 0 Å². The summed E-state index contributed by atoms with van der Waals surface area (Å²) in [6.07, 6.45) is -14.1. The van der Waals surface area contributed by atoms with Crippen LogP contribution in [0.15, 0.2) is 97.1 Å². The molecule has 0 aliphatic carbocycles. The van der Waals surface area contributed by atoms with E-state index in [-0.39, 0.29) is 16.9 Å². The Kier molecular flexibility index (Phi) is 22.8. The Balaban J connectivity index is 1.18. The second-order valence-electron chi connectivity index (χ2n) is 21.7. The Morgan fingerprint density at radius 3 is 1.73 bits per heavy atom. The number of hydrogen-bond acceptors (Lipinski definition) is 20. The zero-order valence-electron chi connectivity index (χ0n) is 47.4. The van der Waals surface area contributed by atoms with Gasteiger partial charge in [0.15, 0.2) is 12.0 Å². The minimum absolute atomic E-state index is 0.00567. The molecule has 0 bridgehead atoms. The topological polar surface area (TPSA) is 413 Å². The average molecular weight is 1220 g/mol. The number of amides is 7. The number of unbranched alkanes of at least 4 members (excludes halogenated alkanes) is 2. The van der Waals surface area contributed by atoms with Gasteiger partial charge in [-0.1, -0.05) is 87.4 Å². The summed E-state index contributed by atoms with van der Waals surface area (Å²) in [5.74, 6) is -8.87. The van der Waals surface area contributed by atoms with Crippen LogP contribution < -0.4 is 35.8 Å². The molecule has 7 amide bonds. The van der Waals surface area contributed by atoms with Gasteiger partial charge >= 0.3 is 8.25 Å². The number of hydrogen-bond donors (Lipinski definition) is 14. The van der Waals surface area contributed by atoms with E-state index in [1.54, 1.807) is 12.1 Å². The molecule has 0 aromatic heterocycles. The molecule has 1 unspecified atom stereocenters. The first-order valence-corrected chi connectivity index (χ1v) is 29.1. The number of ether oxygens (including phenoxy) is 1. The number of nitrogens with one attached hydrogen (secondary N) is 5. The SMILES string of the molecule is CCCCCOc1ccc(-c2ccc(-c3ccc(C(=O)N[C@@H]4C[C@@H](O)[C@@H](O)NC(=O)[C@@H]5[C@@H](O)[C@@H](C)CN5C(=O)[C@H]([C@@H](C)O)NC(=O)[C@H]([C@H](O)[C@@H](O)c5ccc(O[P+](=O)OO)cc5)NC(=O)[C@@H]5C[C@@H](O)CN5C(=O)[C@H]([C@@H](C)O)NC4=O)cc3)cc2)cc1. The lowest BCUT2D eigenvalue weighted by molar-refractivity contribution is -0.148. The van der Waals surface area contributed by atoms with E-state index in [9.17, 15) is 79.0 Å². The van der Waals surface area contributed by atoms with Crippen molar-refractivity contribution in [3.63, 3.8) is 0 Å². The highest BCUT2D eigenvalue weighted by molar-refractivity contribution is 7.33. The highest BCUT2D eigenvalue weighted by Gasteiger charge is 2.50. The number of aliphatic hydroxyl groups excluding tert-OH is 8. The zero-order chi connectivity index (χ0) is 62.7. The minimum atomic E-state index is -3.03. The van der Waals surface area contributed by atoms with Crippen LogP contribution in [0.3, 0.4) is 0 Å². The van der Waals surface area contributed by atoms with Crippen LogP contribution in [0.1, 0.15) is 81.8 Å². The van der Waals surface area contributed by atoms with Gasteiger partial charge in [0.25, 0.3) is 5.91 Å². The van der Waals surface area contributed by atoms with E-state index in [4.69, 9.17) is 14.5 Å². The number of nitrogens with zero attached hydrogens (tertiary/aromatic N) is 2. The van der Waals surface area contributed by atoms with E-state index >= 15 is 0 Å². The second kappa shape index (κ2) is 29.7. The van der Waals surface area contributed by atoms with E-state index in [0.717, 1.165) is 89.6 Å². The Labute approximate surface area is 495 Å². The van der Waals surface area contributed by atoms with Crippen LogP contribution in [0, 0.1) is 5.92 Å². The van der Waals surface area contributed by atoms with E-state index < -0.39 is 167 Å². The highest BCUT2D eigenvalue weighted by atomic mass is 31.1. The Hall–Kier alpha value is -7.53. The fourth-order valence-electron chi connectivity index (χ4n) is 10.4. The molecule has 3 fully saturated rings. The van der Waals surface area contributed by atoms with Gasteiger partial charge in [0, 0.05) is 42.0 Å². The van der Waals surface area contributed by atoms with Crippen LogP contribution in [0.5, 0.6) is 11.5 Å². The number of rotatable bonds is 17. The smallest absolute Gasteiger partial charge is 0.494 e. The number of benzene rings is 4. The third kappa shape index (κ3) is 16.1. The molecule has 4 aromatic rings. The fraction of sp³-hybridized carbons (Fsp3) is 0.466. The summed E-state index contributed by atoms with van der Waals surface area (Å²) in [4.78, 5) is 102. The van der Waals surface area contributed by atoms with Gasteiger partial charge < -0.3 is 82.0 Å². The normalized spacial score (nSPS) is 26.9. The second-order valence-corrected chi connectivity index (χ2v) is 22.5. The van der Waals surface area contributed by atoms with Crippen molar-refractivity contribution in [2.24, 2.45) is 5.92 Å². The van der Waals surface area contributed by atoms with Crippen molar-refractivity contribution in [2.45, 2.75) is 145 Å². The first-order valence-electron chi connectivity index (χ1n) is 28.0. The van der Waals surface area contributed by atoms with Gasteiger partial charge in [-0.25, -0.2) is 9.78 Å². The first kappa shape index (κ1) is 66.0. The number of aliphatic hydroxyl groups is 8. The molecular weight excluding hydrogens is 1150 g/mol. The molecule has 3 aliphatic heterocycles. The van der Waals surface area contributed by atoms with E-state index in [1.165, 1.54) is 19.1 Å². The van der Waals surface area contributed by atoms with Crippen LogP contribution in [0.25, 0.3) is 22.3 Å². The molecule has 7 rings (SSSR count). The van der Waals surface area contributed by atoms with Gasteiger partial charge in [-0.3, -0.25) is 33.6 Å². The summed E-state index contributed by atoms with van der Waals surface area (Å²) in [5.41, 5.74) is 3.22. The quantitative estimate of drug-likeness (QED) is 0.0284. The first-order chi connectivity index (χ1) is 40.9. The maximum absolute atomic E-state index is 14.5. The average Bonchev–Trinajstić information content (AvgIpc) is 2.12. The molecule has 14 N–H and O–H groups in total. The summed E-state index contributed by atoms with van der Waals surface area (Å²) in [5, 5.41) is 110. The predicted molar refractivity (Wildman–Crippen MR) is 304 cm³/mol. The Morgan fingerprint density at radius 2 is 1.17 bits per heavy atom. The maximum Gasteiger partial charge on any atom is 0.781 e. The van der Waals surface area contributed by atoms with Gasteiger partial charge in [-0.05, 0) is 84.5 Å².